The molecular formula is C15H16N4O3. The summed E-state index contributed by atoms with van der Waals surface area (Å²) >= 11 is 0. The molecule has 1 aromatic carbocycles. The van der Waals surface area contributed by atoms with Crippen molar-refractivity contribution in [2.24, 2.45) is 5.92 Å². The van der Waals surface area contributed by atoms with E-state index >= 15 is 0 Å². The zero-order chi connectivity index (χ0) is 16.1. The van der Waals surface area contributed by atoms with Gasteiger partial charge in [0.15, 0.2) is 5.78 Å². The summed E-state index contributed by atoms with van der Waals surface area (Å²) in [5.41, 5.74) is 0.881. The second-order valence-corrected chi connectivity index (χ2v) is 5.24. The van der Waals surface area contributed by atoms with Crippen molar-refractivity contribution in [1.29, 1.82) is 0 Å². The summed E-state index contributed by atoms with van der Waals surface area (Å²) in [6.07, 6.45) is 4.72. The molecule has 114 valence electrons. The maximum absolute atomic E-state index is 12.4. The van der Waals surface area contributed by atoms with Crippen LogP contribution < -0.4 is 0 Å². The molecule has 0 aliphatic carbocycles. The highest BCUT2D eigenvalue weighted by Gasteiger charge is 2.15. The number of hydrogen-bond acceptors (Lipinski definition) is 5. The Kier molecular flexibility index (Phi) is 4.77. The molecule has 7 nitrogen and oxygen atoms in total. The van der Waals surface area contributed by atoms with Crippen LogP contribution in [-0.4, -0.2) is 25.5 Å². The highest BCUT2D eigenvalue weighted by atomic mass is 16.6. The number of aromatic nitrogens is 3. The van der Waals surface area contributed by atoms with Crippen molar-refractivity contribution in [3.8, 4) is 0 Å². The number of carbonyl (C=O) groups excluding carboxylic acids is 1. The van der Waals surface area contributed by atoms with E-state index in [0.29, 0.717) is 17.7 Å². The van der Waals surface area contributed by atoms with E-state index in [1.54, 1.807) is 18.2 Å². The van der Waals surface area contributed by atoms with Crippen LogP contribution in [0.25, 0.3) is 11.8 Å². The summed E-state index contributed by atoms with van der Waals surface area (Å²) in [6, 6.07) is 6.10. The molecule has 0 aliphatic heterocycles. The van der Waals surface area contributed by atoms with E-state index in [9.17, 15) is 14.9 Å². The van der Waals surface area contributed by atoms with E-state index in [4.69, 9.17) is 0 Å². The number of ketones is 1. The Bertz CT molecular complexity index is 705. The third kappa shape index (κ3) is 3.85. The largest absolute Gasteiger partial charge is 0.292 e. The lowest BCUT2D eigenvalue weighted by molar-refractivity contribution is -0.384. The number of hydrogen-bond donors (Lipinski definition) is 0. The standard InChI is InChI=1S/C15H16N4O3/c1-11(2)6-15(20)14(18-10-16-9-17-18)8-12-4-3-5-13(7-12)19(21)22/h3-5,7-11H,6H2,1-2H3. The van der Waals surface area contributed by atoms with Crippen LogP contribution in [0.4, 0.5) is 5.69 Å². The lowest BCUT2D eigenvalue weighted by Crippen LogP contribution is -2.11. The van der Waals surface area contributed by atoms with Gasteiger partial charge in [-0.1, -0.05) is 26.0 Å². The van der Waals surface area contributed by atoms with E-state index in [1.165, 1.54) is 29.5 Å². The molecule has 0 N–H and O–H groups in total. The van der Waals surface area contributed by atoms with Crippen molar-refractivity contribution in [1.82, 2.24) is 14.8 Å². The summed E-state index contributed by atoms with van der Waals surface area (Å²) in [5, 5.41) is 14.8. The number of nitro benzene ring substituents is 1. The van der Waals surface area contributed by atoms with Crippen molar-refractivity contribution >= 4 is 23.2 Å². The molecule has 0 aliphatic rings. The van der Waals surface area contributed by atoms with Gasteiger partial charge in [0.05, 0.1) is 4.92 Å². The minimum Gasteiger partial charge on any atom is -0.292 e. The lowest BCUT2D eigenvalue weighted by Gasteiger charge is -2.08. The second kappa shape index (κ2) is 6.75. The number of carbonyl (C=O) groups is 1. The maximum Gasteiger partial charge on any atom is 0.270 e. The first-order valence-corrected chi connectivity index (χ1v) is 6.81. The molecule has 0 bridgehead atoms. The van der Waals surface area contributed by atoms with E-state index in [2.05, 4.69) is 10.1 Å². The van der Waals surface area contributed by atoms with Gasteiger partial charge in [0.1, 0.15) is 18.4 Å². The molecule has 2 rings (SSSR count). The normalized spacial score (nSPS) is 11.7. The lowest BCUT2D eigenvalue weighted by atomic mass is 10.0. The number of non-ortho nitro benzene ring substituents is 1. The molecule has 0 amide bonds. The van der Waals surface area contributed by atoms with E-state index in [-0.39, 0.29) is 17.4 Å². The Hall–Kier alpha value is -2.83. The highest BCUT2D eigenvalue weighted by Crippen LogP contribution is 2.19. The molecule has 2 aromatic rings. The molecule has 0 saturated carbocycles. The number of nitrogens with zero attached hydrogens (tertiary/aromatic N) is 4. The van der Waals surface area contributed by atoms with Crippen LogP contribution in [0, 0.1) is 16.0 Å². The average molecular weight is 300 g/mol. The molecule has 1 aromatic heterocycles. The Morgan fingerprint density at radius 3 is 2.82 bits per heavy atom. The topological polar surface area (TPSA) is 90.9 Å². The van der Waals surface area contributed by atoms with Gasteiger partial charge in [-0.15, -0.1) is 0 Å². The molecule has 0 atom stereocenters. The first-order chi connectivity index (χ1) is 10.5. The van der Waals surface area contributed by atoms with Crippen molar-refractivity contribution < 1.29 is 9.72 Å². The van der Waals surface area contributed by atoms with Gasteiger partial charge >= 0.3 is 0 Å². The van der Waals surface area contributed by atoms with Gasteiger partial charge in [-0.25, -0.2) is 9.67 Å². The molecule has 0 unspecified atom stereocenters. The van der Waals surface area contributed by atoms with Crippen molar-refractivity contribution in [2.45, 2.75) is 20.3 Å². The first kappa shape index (κ1) is 15.6. The number of nitro groups is 1. The Morgan fingerprint density at radius 2 is 2.23 bits per heavy atom. The van der Waals surface area contributed by atoms with Gasteiger partial charge in [-0.05, 0) is 17.6 Å². The summed E-state index contributed by atoms with van der Waals surface area (Å²) in [7, 11) is 0. The third-order valence-electron chi connectivity index (χ3n) is 2.93. The molecule has 0 radical (unpaired) electrons. The van der Waals surface area contributed by atoms with Crippen molar-refractivity contribution in [3.63, 3.8) is 0 Å². The summed E-state index contributed by atoms with van der Waals surface area (Å²) in [6.45, 7) is 3.90. The second-order valence-electron chi connectivity index (χ2n) is 5.24. The summed E-state index contributed by atoms with van der Waals surface area (Å²) in [5.74, 6) is 0.108. The maximum atomic E-state index is 12.4. The van der Waals surface area contributed by atoms with E-state index in [1.807, 2.05) is 13.8 Å². The Morgan fingerprint density at radius 1 is 1.45 bits per heavy atom. The molecular weight excluding hydrogens is 284 g/mol. The fourth-order valence-electron chi connectivity index (χ4n) is 1.97. The predicted octanol–water partition coefficient (Wildman–Crippen LogP) is 2.80. The Balaban J connectivity index is 2.42. The summed E-state index contributed by atoms with van der Waals surface area (Å²) in [4.78, 5) is 26.6. The first-order valence-electron chi connectivity index (χ1n) is 6.81. The molecule has 0 fully saturated rings. The molecule has 22 heavy (non-hydrogen) atoms. The third-order valence-corrected chi connectivity index (χ3v) is 2.93. The minimum absolute atomic E-state index is 0.0250. The molecule has 0 spiro atoms. The number of allylic oxidation sites excluding steroid dienone is 1. The van der Waals surface area contributed by atoms with Crippen LogP contribution in [-0.2, 0) is 4.79 Å². The van der Waals surface area contributed by atoms with Crippen molar-refractivity contribution in [3.05, 3.63) is 52.6 Å². The molecule has 0 saturated heterocycles. The van der Waals surface area contributed by atoms with Crippen LogP contribution in [0.1, 0.15) is 25.8 Å². The van der Waals surface area contributed by atoms with Gasteiger partial charge in [-0.3, -0.25) is 14.9 Å². The number of Topliss-reactive ketones (excluding diaryl/α,β-unsaturated/α-hetero) is 1. The SMILES string of the molecule is CC(C)CC(=O)C(=Cc1cccc([N+](=O)[O-])c1)n1cncn1. The monoisotopic (exact) mass is 300 g/mol. The van der Waals surface area contributed by atoms with E-state index < -0.39 is 4.92 Å². The van der Waals surface area contributed by atoms with Crippen LogP contribution in [0.5, 0.6) is 0 Å². The van der Waals surface area contributed by atoms with Crippen LogP contribution >= 0.6 is 0 Å². The minimum atomic E-state index is -0.470. The predicted molar refractivity (Wildman–Crippen MR) is 81.7 cm³/mol. The van der Waals surface area contributed by atoms with Gasteiger partial charge in [0.2, 0.25) is 0 Å². The van der Waals surface area contributed by atoms with Crippen LogP contribution in [0.3, 0.4) is 0 Å². The quantitative estimate of drug-likeness (QED) is 0.465. The zero-order valence-corrected chi connectivity index (χ0v) is 12.3. The fraction of sp³-hybridized carbons (Fsp3) is 0.267. The van der Waals surface area contributed by atoms with Crippen molar-refractivity contribution in [2.75, 3.05) is 0 Å². The van der Waals surface area contributed by atoms with Crippen LogP contribution in [0.2, 0.25) is 0 Å². The van der Waals surface area contributed by atoms with Gasteiger partial charge in [0, 0.05) is 18.6 Å². The average Bonchev–Trinajstić information content (AvgIpc) is 2.98. The molecule has 7 heteroatoms. The van der Waals surface area contributed by atoms with Gasteiger partial charge < -0.3 is 0 Å². The Labute approximate surface area is 127 Å². The van der Waals surface area contributed by atoms with Gasteiger partial charge in [-0.2, -0.15) is 5.10 Å². The van der Waals surface area contributed by atoms with E-state index in [0.717, 1.165) is 0 Å². The van der Waals surface area contributed by atoms with Crippen LogP contribution in [0.15, 0.2) is 36.9 Å². The smallest absolute Gasteiger partial charge is 0.270 e. The highest BCUT2D eigenvalue weighted by molar-refractivity contribution is 6.19. The van der Waals surface area contributed by atoms with Gasteiger partial charge in [0.25, 0.3) is 5.69 Å². The summed E-state index contributed by atoms with van der Waals surface area (Å²) < 4.78 is 1.38. The fourth-order valence-corrected chi connectivity index (χ4v) is 1.97. The number of rotatable bonds is 6. The number of benzene rings is 1. The molecule has 1 heterocycles. The zero-order valence-electron chi connectivity index (χ0n) is 12.3.